The van der Waals surface area contributed by atoms with E-state index in [9.17, 15) is 0 Å². The molecule has 2 aliphatic rings. The van der Waals surface area contributed by atoms with Crippen LogP contribution in [-0.4, -0.2) is 38.8 Å². The van der Waals surface area contributed by atoms with Gasteiger partial charge in [-0.3, -0.25) is 0 Å². The van der Waals surface area contributed by atoms with E-state index in [1.54, 1.807) is 0 Å². The van der Waals surface area contributed by atoms with Gasteiger partial charge in [0.2, 0.25) is 0 Å². The van der Waals surface area contributed by atoms with E-state index in [1.165, 1.54) is 35.2 Å². The first-order chi connectivity index (χ1) is 12.6. The van der Waals surface area contributed by atoms with Crippen LogP contribution < -0.4 is 9.75 Å². The summed E-state index contributed by atoms with van der Waals surface area (Å²) in [5.41, 5.74) is 1.28. The molecule has 2 heterocycles. The Morgan fingerprint density at radius 2 is 2.00 bits per heavy atom. The van der Waals surface area contributed by atoms with Crippen molar-refractivity contribution in [1.82, 2.24) is 4.90 Å². The van der Waals surface area contributed by atoms with E-state index in [-0.39, 0.29) is 12.4 Å². The van der Waals surface area contributed by atoms with Crippen LogP contribution in [-0.2, 0) is 4.74 Å². The third-order valence-corrected chi connectivity index (χ3v) is 7.09. The number of hydrogen-bond donors (Lipinski definition) is 0. The fourth-order valence-electron chi connectivity index (χ4n) is 2.99. The van der Waals surface area contributed by atoms with Gasteiger partial charge in [-0.05, 0) is 50.0 Å². The van der Waals surface area contributed by atoms with Crippen molar-refractivity contribution in [2.75, 3.05) is 33.9 Å². The fraction of sp³-hybridized carbons (Fsp3) is 0.238. The summed E-state index contributed by atoms with van der Waals surface area (Å²) in [5, 5.41) is 2.67. The molecule has 2 aromatic rings. The maximum Gasteiger partial charge on any atom is 0.0779 e. The van der Waals surface area contributed by atoms with Gasteiger partial charge >= 0.3 is 0 Å². The molecule has 1 aromatic carbocycles. The monoisotopic (exact) mass is 481 g/mol. The van der Waals surface area contributed by atoms with Gasteiger partial charge in [-0.1, -0.05) is 45.9 Å². The minimum atomic E-state index is 0. The third kappa shape index (κ3) is 4.61. The summed E-state index contributed by atoms with van der Waals surface area (Å²) in [4.78, 5) is 4.74. The summed E-state index contributed by atoms with van der Waals surface area (Å²) < 4.78 is 9.65. The van der Waals surface area contributed by atoms with Crippen LogP contribution >= 0.6 is 51.4 Å². The van der Waals surface area contributed by atoms with E-state index < -0.39 is 0 Å². The lowest BCUT2D eigenvalue weighted by molar-refractivity contribution is 0.140. The zero-order valence-corrected chi connectivity index (χ0v) is 19.2. The van der Waals surface area contributed by atoms with Gasteiger partial charge in [0.15, 0.2) is 0 Å². The average Bonchev–Trinajstić information content (AvgIpc) is 2.86. The van der Waals surface area contributed by atoms with Gasteiger partial charge in [0.25, 0.3) is 0 Å². The largest absolute Gasteiger partial charge is 0.375 e. The second-order valence-electron chi connectivity index (χ2n) is 6.55. The van der Waals surface area contributed by atoms with E-state index in [2.05, 4.69) is 83.5 Å². The average molecular weight is 483 g/mol. The lowest BCUT2D eigenvalue weighted by Gasteiger charge is -2.16. The van der Waals surface area contributed by atoms with Crippen LogP contribution in [0.25, 0.3) is 21.1 Å². The molecule has 4 rings (SSSR count). The van der Waals surface area contributed by atoms with Crippen molar-refractivity contribution in [3.8, 4) is 0 Å². The molecule has 1 aromatic heterocycles. The Morgan fingerprint density at radius 3 is 2.81 bits per heavy atom. The highest BCUT2D eigenvalue weighted by Crippen LogP contribution is 2.37. The first-order valence-corrected chi connectivity index (χ1v) is 11.0. The number of thioether (sulfide) groups is 1. The lowest BCUT2D eigenvalue weighted by Crippen LogP contribution is -2.21. The van der Waals surface area contributed by atoms with Gasteiger partial charge in [0.1, 0.15) is 0 Å². The number of benzene rings is 1. The molecule has 2 nitrogen and oxygen atoms in total. The zero-order valence-electron chi connectivity index (χ0n) is 15.2. The topological polar surface area (TPSA) is 12.5 Å². The molecule has 0 radical (unpaired) electrons. The molecule has 142 valence electrons. The normalized spacial score (nSPS) is 15.5. The highest BCUT2D eigenvalue weighted by molar-refractivity contribution is 9.10. The molecule has 0 spiro atoms. The van der Waals surface area contributed by atoms with E-state index in [1.807, 2.05) is 23.1 Å². The number of ether oxygens (including phenoxy) is 1. The summed E-state index contributed by atoms with van der Waals surface area (Å²) in [5.74, 6) is 0. The van der Waals surface area contributed by atoms with Crippen molar-refractivity contribution in [3.63, 3.8) is 0 Å². The fourth-order valence-corrected chi connectivity index (χ4v) is 5.63. The van der Waals surface area contributed by atoms with Crippen LogP contribution in [0.4, 0.5) is 0 Å². The maximum atomic E-state index is 5.87. The van der Waals surface area contributed by atoms with Crippen molar-refractivity contribution in [1.29, 1.82) is 0 Å². The number of halogens is 2. The molecule has 0 unspecified atom stereocenters. The summed E-state index contributed by atoms with van der Waals surface area (Å²) in [6, 6.07) is 6.56. The number of nitrogens with zero attached hydrogens (tertiary/aromatic N) is 1. The number of allylic oxidation sites excluding steroid dienone is 4. The molecule has 6 heteroatoms. The van der Waals surface area contributed by atoms with Crippen molar-refractivity contribution in [3.05, 3.63) is 67.2 Å². The number of thiophene rings is 1. The Hall–Kier alpha value is -0.820. The molecule has 0 saturated heterocycles. The van der Waals surface area contributed by atoms with Crippen molar-refractivity contribution < 1.29 is 4.74 Å². The van der Waals surface area contributed by atoms with E-state index >= 15 is 0 Å². The van der Waals surface area contributed by atoms with Crippen LogP contribution in [0.5, 0.6) is 0 Å². The predicted octanol–water partition coefficient (Wildman–Crippen LogP) is 4.68. The molecule has 1 aliphatic heterocycles. The zero-order chi connectivity index (χ0) is 18.1. The van der Waals surface area contributed by atoms with Gasteiger partial charge in [-0.25, -0.2) is 0 Å². The third-order valence-electron chi connectivity index (χ3n) is 4.30. The van der Waals surface area contributed by atoms with Crippen LogP contribution in [0.15, 0.2) is 57.5 Å². The second-order valence-corrected chi connectivity index (χ2v) is 9.69. The Balaban J connectivity index is 0.00000210. The predicted molar refractivity (Wildman–Crippen MR) is 126 cm³/mol. The lowest BCUT2D eigenvalue weighted by atomic mass is 10.1. The van der Waals surface area contributed by atoms with Crippen LogP contribution in [0.3, 0.4) is 0 Å². The van der Waals surface area contributed by atoms with Gasteiger partial charge in [0, 0.05) is 40.7 Å². The maximum absolute atomic E-state index is 5.87. The SMILES string of the molecule is CN(C)CCOCC1=CC=C2C=CC=c3sc4ccc(Br)cc4c3=C2S1.Cl. The number of fused-ring (bicyclic) bond motifs is 4. The number of hydrogen-bond acceptors (Lipinski definition) is 4. The molecule has 1 aliphatic carbocycles. The smallest absolute Gasteiger partial charge is 0.0779 e. The molecule has 0 saturated carbocycles. The first kappa shape index (κ1) is 20.9. The summed E-state index contributed by atoms with van der Waals surface area (Å²) in [6.45, 7) is 2.37. The van der Waals surface area contributed by atoms with Crippen molar-refractivity contribution in [2.45, 2.75) is 0 Å². The Kier molecular flexibility index (Phi) is 7.06. The minimum absolute atomic E-state index is 0. The van der Waals surface area contributed by atoms with E-state index in [0.29, 0.717) is 6.61 Å². The van der Waals surface area contributed by atoms with Crippen LogP contribution in [0, 0.1) is 0 Å². The van der Waals surface area contributed by atoms with Gasteiger partial charge in [-0.2, -0.15) is 0 Å². The molecule has 0 bridgehead atoms. The Morgan fingerprint density at radius 1 is 1.15 bits per heavy atom. The van der Waals surface area contributed by atoms with Crippen LogP contribution in [0.2, 0.25) is 0 Å². The Labute approximate surface area is 182 Å². The van der Waals surface area contributed by atoms with Crippen molar-refractivity contribution >= 4 is 72.5 Å². The van der Waals surface area contributed by atoms with Crippen molar-refractivity contribution in [2.24, 2.45) is 0 Å². The molecular weight excluding hydrogens is 462 g/mol. The molecule has 0 atom stereocenters. The minimum Gasteiger partial charge on any atom is -0.375 e. The summed E-state index contributed by atoms with van der Waals surface area (Å²) >= 11 is 7.34. The summed E-state index contributed by atoms with van der Waals surface area (Å²) in [6.07, 6.45) is 11.0. The number of likely N-dealkylation sites (N-methyl/N-ethyl adjacent to an activating group) is 1. The first-order valence-electron chi connectivity index (χ1n) is 8.54. The number of rotatable bonds is 5. The van der Waals surface area contributed by atoms with Gasteiger partial charge in [0.05, 0.1) is 13.2 Å². The van der Waals surface area contributed by atoms with E-state index in [4.69, 9.17) is 4.74 Å². The summed E-state index contributed by atoms with van der Waals surface area (Å²) in [7, 11) is 4.14. The van der Waals surface area contributed by atoms with Gasteiger partial charge < -0.3 is 9.64 Å². The Bertz CT molecular complexity index is 1070. The molecule has 27 heavy (non-hydrogen) atoms. The quantitative estimate of drug-likeness (QED) is 0.574. The standard InChI is InChI=1S/C21H20BrNOS2.ClH/c1-23(2)10-11-24-13-16-8-6-14-4-3-5-19-20(21(14)25-16)17-12-15(22)7-9-18(17)26-19;/h3-9,12H,10-11,13H2,1-2H3;1H. The second kappa shape index (κ2) is 9.12. The highest BCUT2D eigenvalue weighted by Gasteiger charge is 2.17. The van der Waals surface area contributed by atoms with Crippen LogP contribution in [0.1, 0.15) is 0 Å². The molecule has 0 amide bonds. The molecular formula is C21H21BrClNOS2. The van der Waals surface area contributed by atoms with Gasteiger partial charge in [-0.15, -0.1) is 23.7 Å². The highest BCUT2D eigenvalue weighted by atomic mass is 79.9. The molecule has 0 fully saturated rings. The molecule has 0 N–H and O–H groups in total. The van der Waals surface area contributed by atoms with E-state index in [0.717, 1.165) is 17.6 Å².